The van der Waals surface area contributed by atoms with Gasteiger partial charge in [0.25, 0.3) is 0 Å². The zero-order valence-corrected chi connectivity index (χ0v) is 10.4. The minimum absolute atomic E-state index is 0.383. The van der Waals surface area contributed by atoms with Crippen molar-refractivity contribution < 1.29 is 0 Å². The third kappa shape index (κ3) is 2.67. The quantitative estimate of drug-likeness (QED) is 0.825. The molecular formula is C12H21N3. The summed E-state index contributed by atoms with van der Waals surface area (Å²) in [6, 6.07) is 0. The van der Waals surface area contributed by atoms with E-state index >= 15 is 0 Å². The van der Waals surface area contributed by atoms with Crippen LogP contribution in [0.1, 0.15) is 50.7 Å². The highest BCUT2D eigenvalue weighted by atomic mass is 15.0. The Hall–Kier alpha value is -1.12. The lowest BCUT2D eigenvalue weighted by molar-refractivity contribution is 0.754. The molecule has 0 atom stereocenters. The van der Waals surface area contributed by atoms with Crippen molar-refractivity contribution in [2.45, 2.75) is 47.0 Å². The van der Waals surface area contributed by atoms with Crippen molar-refractivity contribution in [1.29, 1.82) is 0 Å². The lowest BCUT2D eigenvalue weighted by Crippen LogP contribution is -2.10. The van der Waals surface area contributed by atoms with Crippen LogP contribution in [0.2, 0.25) is 0 Å². The molecule has 0 aliphatic carbocycles. The van der Waals surface area contributed by atoms with E-state index in [1.807, 2.05) is 0 Å². The van der Waals surface area contributed by atoms with Crippen LogP contribution >= 0.6 is 0 Å². The minimum atomic E-state index is 0.383. The molecule has 0 spiro atoms. The molecule has 0 aliphatic heterocycles. The van der Waals surface area contributed by atoms with Gasteiger partial charge < -0.3 is 5.32 Å². The number of aromatic nitrogens is 2. The van der Waals surface area contributed by atoms with Crippen LogP contribution in [0.3, 0.4) is 0 Å². The first-order valence-corrected chi connectivity index (χ1v) is 5.71. The molecule has 15 heavy (non-hydrogen) atoms. The van der Waals surface area contributed by atoms with E-state index < -0.39 is 0 Å². The Kier molecular flexibility index (Phi) is 4.06. The second kappa shape index (κ2) is 5.10. The van der Waals surface area contributed by atoms with Gasteiger partial charge in [0.15, 0.2) is 0 Å². The Labute approximate surface area is 92.3 Å². The largest absolute Gasteiger partial charge is 0.370 e. The first-order chi connectivity index (χ1) is 7.10. The second-order valence-corrected chi connectivity index (χ2v) is 4.04. The molecule has 0 radical (unpaired) electrons. The Balaban J connectivity index is 3.19. The van der Waals surface area contributed by atoms with Crippen molar-refractivity contribution >= 4 is 5.82 Å². The van der Waals surface area contributed by atoms with Crippen LogP contribution < -0.4 is 5.32 Å². The van der Waals surface area contributed by atoms with Crippen LogP contribution in [0.25, 0.3) is 0 Å². The number of nitrogens with zero attached hydrogens (tertiary/aromatic N) is 2. The van der Waals surface area contributed by atoms with Crippen LogP contribution in [0.4, 0.5) is 5.82 Å². The summed E-state index contributed by atoms with van der Waals surface area (Å²) in [5.41, 5.74) is 2.34. The Morgan fingerprint density at radius 3 is 2.33 bits per heavy atom. The number of rotatable bonds is 4. The van der Waals surface area contributed by atoms with Gasteiger partial charge in [-0.05, 0) is 20.3 Å². The molecule has 0 aliphatic rings. The number of anilines is 1. The fourth-order valence-electron chi connectivity index (χ4n) is 1.52. The molecule has 0 bridgehead atoms. The fraction of sp³-hybridized carbons (Fsp3) is 0.667. The lowest BCUT2D eigenvalue weighted by atomic mass is 10.1. The van der Waals surface area contributed by atoms with E-state index in [2.05, 4.69) is 49.9 Å². The van der Waals surface area contributed by atoms with Crippen molar-refractivity contribution in [2.75, 3.05) is 11.9 Å². The van der Waals surface area contributed by atoms with Gasteiger partial charge in [-0.2, -0.15) is 0 Å². The SMILES string of the molecule is CCNc1nc(C(C)C)nc(CC)c1C. The number of nitrogens with one attached hydrogen (secondary N) is 1. The predicted octanol–water partition coefficient (Wildman–Crippen LogP) is 2.90. The molecule has 0 aromatic carbocycles. The normalized spacial score (nSPS) is 10.8. The smallest absolute Gasteiger partial charge is 0.133 e. The molecule has 1 aromatic heterocycles. The summed E-state index contributed by atoms with van der Waals surface area (Å²) in [7, 11) is 0. The van der Waals surface area contributed by atoms with E-state index in [0.717, 1.165) is 30.3 Å². The molecule has 3 heteroatoms. The van der Waals surface area contributed by atoms with Gasteiger partial charge in [-0.25, -0.2) is 9.97 Å². The maximum absolute atomic E-state index is 4.58. The van der Waals surface area contributed by atoms with E-state index in [4.69, 9.17) is 0 Å². The number of hydrogen-bond donors (Lipinski definition) is 1. The van der Waals surface area contributed by atoms with Gasteiger partial charge in [0.1, 0.15) is 11.6 Å². The van der Waals surface area contributed by atoms with Crippen molar-refractivity contribution in [3.05, 3.63) is 17.1 Å². The summed E-state index contributed by atoms with van der Waals surface area (Å²) < 4.78 is 0. The summed E-state index contributed by atoms with van der Waals surface area (Å²) >= 11 is 0. The van der Waals surface area contributed by atoms with Crippen LogP contribution in [0.15, 0.2) is 0 Å². The molecule has 3 nitrogen and oxygen atoms in total. The minimum Gasteiger partial charge on any atom is -0.370 e. The average molecular weight is 207 g/mol. The first kappa shape index (κ1) is 12.0. The van der Waals surface area contributed by atoms with E-state index in [1.165, 1.54) is 5.56 Å². The molecule has 84 valence electrons. The molecule has 0 unspecified atom stereocenters. The van der Waals surface area contributed by atoms with E-state index in [0.29, 0.717) is 5.92 Å². The van der Waals surface area contributed by atoms with Crippen molar-refractivity contribution in [1.82, 2.24) is 9.97 Å². The molecule has 0 saturated heterocycles. The standard InChI is InChI=1S/C12H21N3/c1-6-10-9(5)12(13-7-2)15-11(14-10)8(3)4/h8H,6-7H2,1-5H3,(H,13,14,15). The van der Waals surface area contributed by atoms with Crippen LogP contribution in [0.5, 0.6) is 0 Å². The van der Waals surface area contributed by atoms with E-state index in [1.54, 1.807) is 0 Å². The molecule has 1 rings (SSSR count). The maximum Gasteiger partial charge on any atom is 0.133 e. The summed E-state index contributed by atoms with van der Waals surface area (Å²) in [5.74, 6) is 2.31. The predicted molar refractivity (Wildman–Crippen MR) is 64.4 cm³/mol. The molecule has 0 fully saturated rings. The first-order valence-electron chi connectivity index (χ1n) is 5.71. The highest BCUT2D eigenvalue weighted by Gasteiger charge is 2.10. The van der Waals surface area contributed by atoms with Crippen LogP contribution in [0, 0.1) is 6.92 Å². The summed E-state index contributed by atoms with van der Waals surface area (Å²) in [6.45, 7) is 11.5. The average Bonchev–Trinajstić information content (AvgIpc) is 2.21. The van der Waals surface area contributed by atoms with Gasteiger partial charge in [0.05, 0.1) is 0 Å². The van der Waals surface area contributed by atoms with Gasteiger partial charge in [0.2, 0.25) is 0 Å². The summed E-state index contributed by atoms with van der Waals surface area (Å²) in [6.07, 6.45) is 0.965. The number of aryl methyl sites for hydroxylation is 1. The molecule has 1 aromatic rings. The topological polar surface area (TPSA) is 37.8 Å². The molecule has 1 N–H and O–H groups in total. The van der Waals surface area contributed by atoms with Gasteiger partial charge >= 0.3 is 0 Å². The highest BCUT2D eigenvalue weighted by molar-refractivity contribution is 5.46. The second-order valence-electron chi connectivity index (χ2n) is 4.04. The third-order valence-corrected chi connectivity index (χ3v) is 2.46. The summed E-state index contributed by atoms with van der Waals surface area (Å²) in [5, 5.41) is 3.29. The maximum atomic E-state index is 4.58. The van der Waals surface area contributed by atoms with E-state index in [9.17, 15) is 0 Å². The van der Waals surface area contributed by atoms with Crippen molar-refractivity contribution in [2.24, 2.45) is 0 Å². The zero-order valence-electron chi connectivity index (χ0n) is 10.4. The highest BCUT2D eigenvalue weighted by Crippen LogP contribution is 2.19. The lowest BCUT2D eigenvalue weighted by Gasteiger charge is -2.13. The Bertz CT molecular complexity index is 332. The Morgan fingerprint density at radius 1 is 1.20 bits per heavy atom. The Morgan fingerprint density at radius 2 is 1.87 bits per heavy atom. The van der Waals surface area contributed by atoms with Gasteiger partial charge in [0, 0.05) is 23.7 Å². The molecule has 1 heterocycles. The van der Waals surface area contributed by atoms with Crippen LogP contribution in [-0.4, -0.2) is 16.5 Å². The number of hydrogen-bond acceptors (Lipinski definition) is 3. The zero-order chi connectivity index (χ0) is 11.4. The van der Waals surface area contributed by atoms with Crippen molar-refractivity contribution in [3.63, 3.8) is 0 Å². The van der Waals surface area contributed by atoms with Crippen LogP contribution in [-0.2, 0) is 6.42 Å². The molecular weight excluding hydrogens is 186 g/mol. The fourth-order valence-corrected chi connectivity index (χ4v) is 1.52. The third-order valence-electron chi connectivity index (χ3n) is 2.46. The van der Waals surface area contributed by atoms with Gasteiger partial charge in [-0.1, -0.05) is 20.8 Å². The molecule has 0 saturated carbocycles. The van der Waals surface area contributed by atoms with Crippen molar-refractivity contribution in [3.8, 4) is 0 Å². The van der Waals surface area contributed by atoms with Gasteiger partial charge in [-0.15, -0.1) is 0 Å². The summed E-state index contributed by atoms with van der Waals surface area (Å²) in [4.78, 5) is 9.13. The monoisotopic (exact) mass is 207 g/mol. The van der Waals surface area contributed by atoms with E-state index in [-0.39, 0.29) is 0 Å². The van der Waals surface area contributed by atoms with Gasteiger partial charge in [-0.3, -0.25) is 0 Å². The molecule has 0 amide bonds.